The summed E-state index contributed by atoms with van der Waals surface area (Å²) in [5.41, 5.74) is 2.25. The Kier molecular flexibility index (Phi) is 5.96. The summed E-state index contributed by atoms with van der Waals surface area (Å²) >= 11 is 3.52. The molecule has 0 N–H and O–H groups in total. The first kappa shape index (κ1) is 14.5. The lowest BCUT2D eigenvalue weighted by molar-refractivity contribution is 0.190. The van der Waals surface area contributed by atoms with Crippen molar-refractivity contribution >= 4 is 15.9 Å². The molecule has 0 saturated carbocycles. The van der Waals surface area contributed by atoms with Gasteiger partial charge in [0.15, 0.2) is 0 Å². The van der Waals surface area contributed by atoms with E-state index in [9.17, 15) is 0 Å². The van der Waals surface area contributed by atoms with E-state index in [4.69, 9.17) is 4.74 Å². The molecule has 3 heteroatoms. The summed E-state index contributed by atoms with van der Waals surface area (Å²) in [5, 5.41) is 0. The zero-order valence-corrected chi connectivity index (χ0v) is 12.8. The number of aryl methyl sites for hydroxylation is 2. The van der Waals surface area contributed by atoms with Gasteiger partial charge in [0.1, 0.15) is 10.4 Å². The van der Waals surface area contributed by atoms with Crippen LogP contribution in [0.3, 0.4) is 0 Å². The second-order valence-electron chi connectivity index (χ2n) is 4.15. The van der Waals surface area contributed by atoms with E-state index in [1.165, 1.54) is 5.56 Å². The van der Waals surface area contributed by atoms with Crippen LogP contribution in [0.1, 0.15) is 51.8 Å². The summed E-state index contributed by atoms with van der Waals surface area (Å²) in [5.74, 6) is 0.959. The smallest absolute Gasteiger partial charge is 0.141 e. The lowest BCUT2D eigenvalue weighted by Gasteiger charge is -2.18. The predicted octanol–water partition coefficient (Wildman–Crippen LogP) is 4.54. The minimum Gasteiger partial charge on any atom is -0.489 e. The van der Waals surface area contributed by atoms with E-state index in [1.807, 2.05) is 0 Å². The average Bonchev–Trinajstić information content (AvgIpc) is 2.36. The molecule has 0 bridgehead atoms. The maximum atomic E-state index is 6.05. The molecule has 0 aliphatic heterocycles. The molecule has 0 amide bonds. The van der Waals surface area contributed by atoms with Crippen LogP contribution in [0, 0.1) is 0 Å². The number of hydrogen-bond donors (Lipinski definition) is 0. The van der Waals surface area contributed by atoms with Gasteiger partial charge in [0.25, 0.3) is 0 Å². The van der Waals surface area contributed by atoms with Crippen LogP contribution in [-0.4, -0.2) is 11.1 Å². The quantitative estimate of drug-likeness (QED) is 0.720. The number of hydrogen-bond acceptors (Lipinski definition) is 2. The Hall–Kier alpha value is -0.570. The summed E-state index contributed by atoms with van der Waals surface area (Å²) in [6, 6.07) is 2.13. The predicted molar refractivity (Wildman–Crippen MR) is 75.7 cm³/mol. The third kappa shape index (κ3) is 3.70. The topological polar surface area (TPSA) is 22.1 Å². The molecule has 0 aromatic carbocycles. The molecule has 96 valence electrons. The van der Waals surface area contributed by atoms with Crippen LogP contribution < -0.4 is 4.74 Å². The van der Waals surface area contributed by atoms with Crippen LogP contribution in [0.15, 0.2) is 10.7 Å². The van der Waals surface area contributed by atoms with Crippen molar-refractivity contribution in [2.75, 3.05) is 0 Å². The maximum Gasteiger partial charge on any atom is 0.141 e. The SMILES string of the molecule is CCc1cc(OC(CC)CC)c(CC)nc1Br. The van der Waals surface area contributed by atoms with Crippen LogP contribution in [0.5, 0.6) is 5.75 Å². The van der Waals surface area contributed by atoms with Crippen LogP contribution >= 0.6 is 15.9 Å². The molecule has 0 aliphatic carbocycles. The lowest BCUT2D eigenvalue weighted by atomic mass is 10.1. The highest BCUT2D eigenvalue weighted by Gasteiger charge is 2.12. The monoisotopic (exact) mass is 299 g/mol. The largest absolute Gasteiger partial charge is 0.489 e. The summed E-state index contributed by atoms with van der Waals surface area (Å²) < 4.78 is 7.00. The third-order valence-corrected chi connectivity index (χ3v) is 3.69. The van der Waals surface area contributed by atoms with Gasteiger partial charge in [0.05, 0.1) is 11.8 Å². The van der Waals surface area contributed by atoms with Gasteiger partial charge >= 0.3 is 0 Å². The van der Waals surface area contributed by atoms with Gasteiger partial charge < -0.3 is 4.74 Å². The summed E-state index contributed by atoms with van der Waals surface area (Å²) in [6.07, 6.45) is 4.25. The van der Waals surface area contributed by atoms with Crippen molar-refractivity contribution in [2.24, 2.45) is 0 Å². The van der Waals surface area contributed by atoms with Crippen molar-refractivity contribution in [3.63, 3.8) is 0 Å². The Morgan fingerprint density at radius 3 is 2.29 bits per heavy atom. The van der Waals surface area contributed by atoms with Gasteiger partial charge in [0.2, 0.25) is 0 Å². The van der Waals surface area contributed by atoms with Gasteiger partial charge in [-0.2, -0.15) is 0 Å². The standard InChI is InChI=1S/C14H22BrNO/c1-5-10-9-13(17-11(6-2)7-3)12(8-4)16-14(10)15/h9,11H,5-8H2,1-4H3. The van der Waals surface area contributed by atoms with Crippen molar-refractivity contribution in [1.82, 2.24) is 4.98 Å². The van der Waals surface area contributed by atoms with Crippen molar-refractivity contribution in [2.45, 2.75) is 59.5 Å². The van der Waals surface area contributed by atoms with Gasteiger partial charge in [-0.25, -0.2) is 4.98 Å². The Labute approximate surface area is 113 Å². The van der Waals surface area contributed by atoms with E-state index in [2.05, 4.69) is 54.7 Å². The number of halogens is 1. The fraction of sp³-hybridized carbons (Fsp3) is 0.643. The number of aromatic nitrogens is 1. The molecule has 0 aliphatic rings. The molecule has 0 spiro atoms. The summed E-state index contributed by atoms with van der Waals surface area (Å²) in [6.45, 7) is 8.56. The molecule has 1 heterocycles. The Balaban J connectivity index is 3.03. The van der Waals surface area contributed by atoms with Gasteiger partial charge in [0, 0.05) is 0 Å². The highest BCUT2D eigenvalue weighted by molar-refractivity contribution is 9.10. The minimum absolute atomic E-state index is 0.299. The van der Waals surface area contributed by atoms with Gasteiger partial charge in [-0.05, 0) is 53.2 Å². The molecule has 0 radical (unpaired) electrons. The first-order valence-electron chi connectivity index (χ1n) is 6.51. The normalized spacial score (nSPS) is 10.9. The zero-order valence-electron chi connectivity index (χ0n) is 11.2. The molecule has 1 aromatic heterocycles. The number of nitrogens with zero attached hydrogens (tertiary/aromatic N) is 1. The van der Waals surface area contributed by atoms with E-state index >= 15 is 0 Å². The Morgan fingerprint density at radius 1 is 1.18 bits per heavy atom. The fourth-order valence-corrected chi connectivity index (χ4v) is 2.39. The molecule has 0 fully saturated rings. The van der Waals surface area contributed by atoms with Crippen LogP contribution in [0.2, 0.25) is 0 Å². The molecule has 0 saturated heterocycles. The minimum atomic E-state index is 0.299. The zero-order chi connectivity index (χ0) is 12.8. The van der Waals surface area contributed by atoms with Gasteiger partial charge in [-0.1, -0.05) is 27.7 Å². The average molecular weight is 300 g/mol. The lowest BCUT2D eigenvalue weighted by Crippen LogP contribution is -2.15. The fourth-order valence-electron chi connectivity index (χ4n) is 1.78. The number of pyridine rings is 1. The van der Waals surface area contributed by atoms with Crippen LogP contribution in [0.4, 0.5) is 0 Å². The summed E-state index contributed by atoms with van der Waals surface area (Å²) in [7, 11) is 0. The second kappa shape index (κ2) is 7.00. The van der Waals surface area contributed by atoms with E-state index in [-0.39, 0.29) is 0 Å². The van der Waals surface area contributed by atoms with Crippen molar-refractivity contribution in [1.29, 1.82) is 0 Å². The molecular weight excluding hydrogens is 278 g/mol. The number of ether oxygens (including phenoxy) is 1. The van der Waals surface area contributed by atoms with Crippen LogP contribution in [-0.2, 0) is 12.8 Å². The van der Waals surface area contributed by atoms with E-state index < -0.39 is 0 Å². The molecule has 1 rings (SSSR count). The molecule has 0 atom stereocenters. The maximum absolute atomic E-state index is 6.05. The second-order valence-corrected chi connectivity index (χ2v) is 4.90. The Morgan fingerprint density at radius 2 is 1.82 bits per heavy atom. The van der Waals surface area contributed by atoms with Crippen molar-refractivity contribution in [3.8, 4) is 5.75 Å². The molecule has 1 aromatic rings. The van der Waals surface area contributed by atoms with E-state index in [0.717, 1.165) is 41.7 Å². The molecule has 0 unspecified atom stereocenters. The highest BCUT2D eigenvalue weighted by Crippen LogP contribution is 2.26. The Bertz CT molecular complexity index is 361. The first-order valence-corrected chi connectivity index (χ1v) is 7.30. The third-order valence-electron chi connectivity index (χ3n) is 3.01. The molecular formula is C14H22BrNO. The van der Waals surface area contributed by atoms with Crippen molar-refractivity contribution in [3.05, 3.63) is 21.9 Å². The highest BCUT2D eigenvalue weighted by atomic mass is 79.9. The van der Waals surface area contributed by atoms with Crippen molar-refractivity contribution < 1.29 is 4.74 Å². The van der Waals surface area contributed by atoms with Gasteiger partial charge in [-0.3, -0.25) is 0 Å². The van der Waals surface area contributed by atoms with E-state index in [1.54, 1.807) is 0 Å². The summed E-state index contributed by atoms with van der Waals surface area (Å²) in [4.78, 5) is 4.58. The molecule has 2 nitrogen and oxygen atoms in total. The number of rotatable bonds is 6. The van der Waals surface area contributed by atoms with Gasteiger partial charge in [-0.15, -0.1) is 0 Å². The van der Waals surface area contributed by atoms with Crippen LogP contribution in [0.25, 0.3) is 0 Å². The van der Waals surface area contributed by atoms with E-state index in [0.29, 0.717) is 6.10 Å². The first-order chi connectivity index (χ1) is 8.15. The molecule has 17 heavy (non-hydrogen) atoms.